The summed E-state index contributed by atoms with van der Waals surface area (Å²) in [4.78, 5) is 0. The summed E-state index contributed by atoms with van der Waals surface area (Å²) in [5.41, 5.74) is -0.183. The van der Waals surface area contributed by atoms with Gasteiger partial charge in [-0.2, -0.15) is 5.26 Å². The van der Waals surface area contributed by atoms with Gasteiger partial charge < -0.3 is 10.2 Å². The molecule has 3 nitrogen and oxygen atoms in total. The first-order valence-electron chi connectivity index (χ1n) is 14.2. The van der Waals surface area contributed by atoms with E-state index in [1.807, 2.05) is 13.8 Å². The largest absolute Gasteiger partial charge is 0.391 e. The topological polar surface area (TPSA) is 64.2 Å². The Bertz CT molecular complexity index is 757. The van der Waals surface area contributed by atoms with E-state index in [4.69, 9.17) is 0 Å². The normalized spacial score (nSPS) is 47.1. The van der Waals surface area contributed by atoms with Gasteiger partial charge in [-0.15, -0.1) is 0 Å². The molecule has 188 valence electrons. The molecular weight excluding hydrogens is 406 g/mol. The Morgan fingerprint density at radius 3 is 2.33 bits per heavy atom. The second kappa shape index (κ2) is 8.81. The standard InChI is InChI=1S/C30H51NO2/c1-7-30(33)17-16-28(5)21(18-30)9-10-22-24-12-11-23(29(24,6)15-14-25(22)28)20(2)8-13-26(32)27(3,4)19-31/h20-26,32-33H,7-18H2,1-6H3/t20-,21+,22+,23-,24+,25+,26?,28+,29-,30+/m1/s1. The molecule has 0 aromatic carbocycles. The lowest BCUT2D eigenvalue weighted by Gasteiger charge is -2.62. The molecule has 4 aliphatic carbocycles. The van der Waals surface area contributed by atoms with Gasteiger partial charge in [-0.05, 0) is 137 Å². The quantitative estimate of drug-likeness (QED) is 0.446. The number of hydrogen-bond donors (Lipinski definition) is 2. The fourth-order valence-electron chi connectivity index (χ4n) is 9.68. The molecule has 0 bridgehead atoms. The van der Waals surface area contributed by atoms with Crippen molar-refractivity contribution in [3.63, 3.8) is 0 Å². The van der Waals surface area contributed by atoms with Crippen molar-refractivity contribution in [2.24, 2.45) is 51.8 Å². The summed E-state index contributed by atoms with van der Waals surface area (Å²) in [6.07, 6.45) is 13.6. The van der Waals surface area contributed by atoms with Crippen LogP contribution in [0, 0.1) is 63.1 Å². The highest BCUT2D eigenvalue weighted by atomic mass is 16.3. The summed E-state index contributed by atoms with van der Waals surface area (Å²) < 4.78 is 0. The van der Waals surface area contributed by atoms with Gasteiger partial charge in [-0.25, -0.2) is 0 Å². The lowest BCUT2D eigenvalue weighted by Crippen LogP contribution is -2.56. The van der Waals surface area contributed by atoms with Crippen LogP contribution in [-0.4, -0.2) is 21.9 Å². The molecule has 1 unspecified atom stereocenters. The van der Waals surface area contributed by atoms with Gasteiger partial charge in [0, 0.05) is 0 Å². The zero-order valence-electron chi connectivity index (χ0n) is 22.4. The number of aliphatic hydroxyl groups is 2. The first-order chi connectivity index (χ1) is 15.4. The van der Waals surface area contributed by atoms with E-state index < -0.39 is 17.1 Å². The van der Waals surface area contributed by atoms with Crippen LogP contribution in [0.1, 0.15) is 119 Å². The summed E-state index contributed by atoms with van der Waals surface area (Å²) in [5, 5.41) is 31.0. The van der Waals surface area contributed by atoms with E-state index in [9.17, 15) is 15.5 Å². The molecule has 0 aromatic rings. The van der Waals surface area contributed by atoms with Crippen molar-refractivity contribution in [2.75, 3.05) is 0 Å². The number of aliphatic hydroxyl groups excluding tert-OH is 1. The first-order valence-corrected chi connectivity index (χ1v) is 14.2. The van der Waals surface area contributed by atoms with Gasteiger partial charge in [-0.1, -0.05) is 27.7 Å². The van der Waals surface area contributed by atoms with Crippen LogP contribution in [0.3, 0.4) is 0 Å². The Morgan fingerprint density at radius 2 is 1.67 bits per heavy atom. The Balaban J connectivity index is 1.44. The summed E-state index contributed by atoms with van der Waals surface area (Å²) in [6.45, 7) is 13.5. The van der Waals surface area contributed by atoms with Gasteiger partial charge in [0.05, 0.1) is 23.2 Å². The van der Waals surface area contributed by atoms with Crippen LogP contribution in [0.15, 0.2) is 0 Å². The van der Waals surface area contributed by atoms with Gasteiger partial charge in [0.2, 0.25) is 0 Å². The van der Waals surface area contributed by atoms with Crippen molar-refractivity contribution in [2.45, 2.75) is 130 Å². The van der Waals surface area contributed by atoms with Crippen molar-refractivity contribution < 1.29 is 10.2 Å². The summed E-state index contributed by atoms with van der Waals surface area (Å²) in [7, 11) is 0. The molecule has 4 aliphatic rings. The van der Waals surface area contributed by atoms with Gasteiger partial charge in [0.1, 0.15) is 0 Å². The molecular formula is C30H51NO2. The molecule has 4 fully saturated rings. The number of hydrogen-bond acceptors (Lipinski definition) is 3. The van der Waals surface area contributed by atoms with Crippen molar-refractivity contribution in [3.05, 3.63) is 0 Å². The van der Waals surface area contributed by atoms with Crippen LogP contribution in [0.2, 0.25) is 0 Å². The van der Waals surface area contributed by atoms with Gasteiger partial charge in [-0.3, -0.25) is 0 Å². The maximum atomic E-state index is 11.0. The van der Waals surface area contributed by atoms with E-state index in [0.717, 1.165) is 55.8 Å². The monoisotopic (exact) mass is 457 g/mol. The molecule has 0 aliphatic heterocycles. The molecule has 4 rings (SSSR count). The van der Waals surface area contributed by atoms with Crippen LogP contribution in [0.4, 0.5) is 0 Å². The summed E-state index contributed by atoms with van der Waals surface area (Å²) in [6, 6.07) is 2.29. The van der Waals surface area contributed by atoms with E-state index in [2.05, 4.69) is 33.8 Å². The van der Waals surface area contributed by atoms with E-state index >= 15 is 0 Å². The molecule has 10 atom stereocenters. The van der Waals surface area contributed by atoms with E-state index in [-0.39, 0.29) is 0 Å². The van der Waals surface area contributed by atoms with Crippen LogP contribution in [0.5, 0.6) is 0 Å². The smallest absolute Gasteiger partial charge is 0.0776 e. The number of nitriles is 1. The molecule has 4 saturated carbocycles. The lowest BCUT2D eigenvalue weighted by atomic mass is 9.43. The van der Waals surface area contributed by atoms with Gasteiger partial charge in [0.25, 0.3) is 0 Å². The third-order valence-electron chi connectivity index (χ3n) is 12.3. The minimum Gasteiger partial charge on any atom is -0.391 e. The molecule has 3 heteroatoms. The van der Waals surface area contributed by atoms with Crippen LogP contribution >= 0.6 is 0 Å². The lowest BCUT2D eigenvalue weighted by molar-refractivity contribution is -0.152. The molecule has 2 N–H and O–H groups in total. The molecule has 0 aromatic heterocycles. The van der Waals surface area contributed by atoms with Crippen molar-refractivity contribution in [1.82, 2.24) is 0 Å². The second-order valence-corrected chi connectivity index (χ2v) is 14.1. The first kappa shape index (κ1) is 25.5. The highest BCUT2D eigenvalue weighted by molar-refractivity contribution is 5.11. The van der Waals surface area contributed by atoms with Crippen molar-refractivity contribution in [3.8, 4) is 6.07 Å². The molecule has 0 spiro atoms. The Hall–Kier alpha value is -0.590. The maximum absolute atomic E-state index is 11.0. The fourth-order valence-corrected chi connectivity index (χ4v) is 9.68. The van der Waals surface area contributed by atoms with Gasteiger partial charge in [0.15, 0.2) is 0 Å². The van der Waals surface area contributed by atoms with E-state index in [1.54, 1.807) is 0 Å². The zero-order chi connectivity index (χ0) is 24.2. The summed E-state index contributed by atoms with van der Waals surface area (Å²) in [5.74, 6) is 4.66. The minimum absolute atomic E-state index is 0.404. The number of nitrogens with zero attached hydrogens (tertiary/aromatic N) is 1. The van der Waals surface area contributed by atoms with Crippen LogP contribution < -0.4 is 0 Å². The zero-order valence-corrected chi connectivity index (χ0v) is 22.4. The van der Waals surface area contributed by atoms with Gasteiger partial charge >= 0.3 is 0 Å². The maximum Gasteiger partial charge on any atom is 0.0776 e. The molecule has 0 radical (unpaired) electrons. The Kier molecular flexibility index (Phi) is 6.81. The average molecular weight is 458 g/mol. The third-order valence-corrected chi connectivity index (χ3v) is 12.3. The average Bonchev–Trinajstić information content (AvgIpc) is 3.15. The van der Waals surface area contributed by atoms with Crippen molar-refractivity contribution >= 4 is 0 Å². The van der Waals surface area contributed by atoms with E-state index in [0.29, 0.717) is 22.7 Å². The molecule has 0 amide bonds. The van der Waals surface area contributed by atoms with Crippen LogP contribution in [0.25, 0.3) is 0 Å². The minimum atomic E-state index is -0.655. The Labute approximate surface area is 203 Å². The van der Waals surface area contributed by atoms with Crippen molar-refractivity contribution in [1.29, 1.82) is 5.26 Å². The SMILES string of the molecule is CC[C@]1(O)CC[C@@]2(C)[C@@H](CC[C@@H]3[C@@H]2CC[C@]2(C)[C@@H]([C@H](C)CCC(O)C(C)(C)C#N)CC[C@@H]32)C1. The number of fused-ring (bicyclic) bond motifs is 5. The highest BCUT2D eigenvalue weighted by Crippen LogP contribution is 2.69. The highest BCUT2D eigenvalue weighted by Gasteiger charge is 2.61. The summed E-state index contributed by atoms with van der Waals surface area (Å²) >= 11 is 0. The molecule has 0 saturated heterocycles. The third kappa shape index (κ3) is 4.20. The van der Waals surface area contributed by atoms with E-state index in [1.165, 1.54) is 44.9 Å². The second-order valence-electron chi connectivity index (χ2n) is 14.1. The molecule has 0 heterocycles. The molecule has 33 heavy (non-hydrogen) atoms. The predicted molar refractivity (Wildman–Crippen MR) is 134 cm³/mol. The Morgan fingerprint density at radius 1 is 0.970 bits per heavy atom. The fraction of sp³-hybridized carbons (Fsp3) is 0.967. The van der Waals surface area contributed by atoms with Crippen LogP contribution in [-0.2, 0) is 0 Å². The predicted octanol–water partition coefficient (Wildman–Crippen LogP) is 7.11. The number of rotatable bonds is 6.